The summed E-state index contributed by atoms with van der Waals surface area (Å²) in [5.41, 5.74) is 0.282. The van der Waals surface area contributed by atoms with Gasteiger partial charge in [-0.3, -0.25) is 9.59 Å². The number of hydrogen-bond donors (Lipinski definition) is 2. The smallest absolute Gasteiger partial charge is 0.311 e. The Morgan fingerprint density at radius 3 is 2.87 bits per heavy atom. The second kappa shape index (κ2) is 6.46. The van der Waals surface area contributed by atoms with Crippen LogP contribution in [0.5, 0.6) is 11.5 Å². The van der Waals surface area contributed by atoms with Crippen molar-refractivity contribution in [3.8, 4) is 11.5 Å². The molecule has 30 heavy (non-hydrogen) atoms. The van der Waals surface area contributed by atoms with Crippen molar-refractivity contribution < 1.29 is 34.0 Å². The lowest BCUT2D eigenvalue weighted by Gasteiger charge is -2.61. The van der Waals surface area contributed by atoms with Crippen molar-refractivity contribution in [2.75, 3.05) is 20.7 Å². The number of hydrogen-bond acceptors (Lipinski definition) is 7. The van der Waals surface area contributed by atoms with Gasteiger partial charge in [-0.1, -0.05) is 6.07 Å². The highest BCUT2D eigenvalue weighted by Gasteiger charge is 2.72. The molecule has 0 aromatic heterocycles. The zero-order valence-electron chi connectivity index (χ0n) is 17.0. The minimum absolute atomic E-state index is 0.0790. The number of carboxylic acids is 1. The average molecular weight is 415 g/mol. The van der Waals surface area contributed by atoms with Gasteiger partial charge in [0, 0.05) is 18.0 Å². The maximum atomic E-state index is 12.3. The molecule has 4 atom stereocenters. The average Bonchev–Trinajstić information content (AvgIpc) is 3.06. The summed E-state index contributed by atoms with van der Waals surface area (Å²) in [5, 5.41) is 20.9. The predicted octanol–water partition coefficient (Wildman–Crippen LogP) is 1.38. The van der Waals surface area contributed by atoms with Crippen molar-refractivity contribution in [2.45, 2.75) is 55.3 Å². The van der Waals surface area contributed by atoms with Crippen LogP contribution in [0.3, 0.4) is 0 Å². The van der Waals surface area contributed by atoms with Gasteiger partial charge >= 0.3 is 11.9 Å². The van der Waals surface area contributed by atoms with E-state index in [4.69, 9.17) is 19.3 Å². The Balaban J connectivity index is 1.61. The van der Waals surface area contributed by atoms with E-state index >= 15 is 0 Å². The first-order valence-corrected chi connectivity index (χ1v) is 10.2. The topological polar surface area (TPSA) is 106 Å². The second-order valence-corrected chi connectivity index (χ2v) is 8.65. The van der Waals surface area contributed by atoms with Crippen molar-refractivity contribution in [3.05, 3.63) is 35.1 Å². The fraction of sp³-hybridized carbons (Fsp3) is 0.545. The van der Waals surface area contributed by atoms with Gasteiger partial charge in [-0.25, -0.2) is 0 Å². The van der Waals surface area contributed by atoms with E-state index in [0.29, 0.717) is 36.5 Å². The Kier molecular flexibility index (Phi) is 4.17. The lowest BCUT2D eigenvalue weighted by Crippen LogP contribution is -2.74. The van der Waals surface area contributed by atoms with Crippen LogP contribution in [0.1, 0.15) is 36.8 Å². The number of aliphatic carboxylic acids is 1. The highest BCUT2D eigenvalue weighted by atomic mass is 16.6. The molecular weight excluding hydrogens is 390 g/mol. The number of methoxy groups -OCH3 is 1. The molecule has 2 unspecified atom stereocenters. The number of carboxylic acid groups (broad SMARTS) is 1. The molecule has 0 amide bonds. The standard InChI is InChI=1S/C22H25NO7/c1-23-10-9-21-18-12-3-4-13(28-2)19(18)30-20(21)14(29-17(26)6-5-16(24)25)7-8-22(21,27)15(23)11-12/h3-4,7,15,20,27H,5-6,8-11H2,1-2H3,(H,24,25)/t15-,20?,21?,22-/m1/s1. The summed E-state index contributed by atoms with van der Waals surface area (Å²) in [6.45, 7) is 0.781. The third-order valence-electron chi connectivity index (χ3n) is 7.33. The molecule has 2 aliphatic carbocycles. The zero-order chi connectivity index (χ0) is 21.3. The van der Waals surface area contributed by atoms with Crippen molar-refractivity contribution in [1.82, 2.24) is 4.90 Å². The largest absolute Gasteiger partial charge is 0.493 e. The summed E-state index contributed by atoms with van der Waals surface area (Å²) in [4.78, 5) is 25.3. The van der Waals surface area contributed by atoms with Gasteiger partial charge in [-0.2, -0.15) is 0 Å². The Morgan fingerprint density at radius 1 is 1.33 bits per heavy atom. The van der Waals surface area contributed by atoms with Crippen LogP contribution < -0.4 is 9.47 Å². The molecule has 2 heterocycles. The molecule has 5 rings (SSSR count). The Labute approximate surface area is 174 Å². The molecular formula is C22H25NO7. The predicted molar refractivity (Wildman–Crippen MR) is 104 cm³/mol. The number of rotatable bonds is 5. The summed E-state index contributed by atoms with van der Waals surface area (Å²) in [6, 6.07) is 3.84. The highest BCUT2D eigenvalue weighted by Crippen LogP contribution is 2.65. The normalized spacial score (nSPS) is 33.2. The molecule has 1 fully saturated rings. The fourth-order valence-corrected chi connectivity index (χ4v) is 5.98. The van der Waals surface area contributed by atoms with Crippen LogP contribution in [0.15, 0.2) is 24.0 Å². The van der Waals surface area contributed by atoms with Crippen LogP contribution in [0.2, 0.25) is 0 Å². The van der Waals surface area contributed by atoms with Crippen LogP contribution >= 0.6 is 0 Å². The summed E-state index contributed by atoms with van der Waals surface area (Å²) >= 11 is 0. The molecule has 1 aromatic rings. The molecule has 4 aliphatic rings. The van der Waals surface area contributed by atoms with Gasteiger partial charge in [0.1, 0.15) is 5.76 Å². The molecule has 1 spiro atoms. The Hall–Kier alpha value is -2.58. The van der Waals surface area contributed by atoms with Gasteiger partial charge in [-0.15, -0.1) is 0 Å². The SMILES string of the molecule is COc1ccc2c3c1OC1C(OC(=O)CCC(=O)O)=CC[C@@]4(O)[C@@H](C2)N(C)CCC314. The molecule has 2 N–H and O–H groups in total. The van der Waals surface area contributed by atoms with Crippen molar-refractivity contribution in [1.29, 1.82) is 0 Å². The van der Waals surface area contributed by atoms with Gasteiger partial charge in [-0.05, 0) is 44.1 Å². The molecule has 2 aliphatic heterocycles. The summed E-state index contributed by atoms with van der Waals surface area (Å²) < 4.78 is 17.5. The van der Waals surface area contributed by atoms with E-state index in [-0.39, 0.29) is 18.9 Å². The maximum Gasteiger partial charge on any atom is 0.311 e. The molecule has 0 radical (unpaired) electrons. The number of piperidine rings is 1. The lowest BCUT2D eigenvalue weighted by atomic mass is 9.50. The quantitative estimate of drug-likeness (QED) is 0.695. The second-order valence-electron chi connectivity index (χ2n) is 8.65. The third-order valence-corrected chi connectivity index (χ3v) is 7.33. The molecule has 1 saturated heterocycles. The van der Waals surface area contributed by atoms with Crippen molar-refractivity contribution in [3.63, 3.8) is 0 Å². The van der Waals surface area contributed by atoms with Crippen molar-refractivity contribution in [2.24, 2.45) is 0 Å². The molecule has 0 saturated carbocycles. The third kappa shape index (κ3) is 2.34. The Morgan fingerprint density at radius 2 is 2.13 bits per heavy atom. The van der Waals surface area contributed by atoms with Gasteiger partial charge in [0.15, 0.2) is 17.6 Å². The summed E-state index contributed by atoms with van der Waals surface area (Å²) in [6.07, 6.45) is 2.25. The van der Waals surface area contributed by atoms with Gasteiger partial charge < -0.3 is 29.3 Å². The van der Waals surface area contributed by atoms with Crippen LogP contribution in [0, 0.1) is 0 Å². The maximum absolute atomic E-state index is 12.3. The number of esters is 1. The highest BCUT2D eigenvalue weighted by molar-refractivity contribution is 5.77. The zero-order valence-corrected chi connectivity index (χ0v) is 17.0. The number of likely N-dealkylation sites (N-methyl/N-ethyl adjacent to an activating group) is 1. The molecule has 8 heteroatoms. The number of ether oxygens (including phenoxy) is 3. The summed E-state index contributed by atoms with van der Waals surface area (Å²) in [7, 11) is 3.61. The number of benzene rings is 1. The van der Waals surface area contributed by atoms with Crippen LogP contribution in [-0.4, -0.2) is 65.5 Å². The number of carbonyl (C=O) groups is 2. The minimum Gasteiger partial charge on any atom is -0.493 e. The lowest BCUT2D eigenvalue weighted by molar-refractivity contribution is -0.169. The first kappa shape index (κ1) is 19.4. The van der Waals surface area contributed by atoms with E-state index in [1.807, 2.05) is 19.2 Å². The molecule has 2 bridgehead atoms. The van der Waals surface area contributed by atoms with Crippen molar-refractivity contribution >= 4 is 11.9 Å². The van der Waals surface area contributed by atoms with E-state index in [1.54, 1.807) is 13.2 Å². The number of likely N-dealkylation sites (tertiary alicyclic amines) is 1. The summed E-state index contributed by atoms with van der Waals surface area (Å²) in [5.74, 6) is -0.117. The van der Waals surface area contributed by atoms with Gasteiger partial charge in [0.2, 0.25) is 0 Å². The molecule has 1 aromatic carbocycles. The van der Waals surface area contributed by atoms with Gasteiger partial charge in [0.25, 0.3) is 0 Å². The van der Waals surface area contributed by atoms with Crippen LogP contribution in [0.4, 0.5) is 0 Å². The fourth-order valence-electron chi connectivity index (χ4n) is 5.98. The molecule has 8 nitrogen and oxygen atoms in total. The van der Waals surface area contributed by atoms with Crippen LogP contribution in [0.25, 0.3) is 0 Å². The molecule has 160 valence electrons. The number of aliphatic hydroxyl groups is 1. The first-order valence-electron chi connectivity index (χ1n) is 10.2. The van der Waals surface area contributed by atoms with E-state index in [0.717, 1.165) is 17.7 Å². The van der Waals surface area contributed by atoms with E-state index < -0.39 is 29.1 Å². The monoisotopic (exact) mass is 415 g/mol. The van der Waals surface area contributed by atoms with Gasteiger partial charge in [0.05, 0.1) is 31.0 Å². The first-order chi connectivity index (χ1) is 14.3. The number of nitrogens with zero attached hydrogens (tertiary/aromatic N) is 1. The van der Waals surface area contributed by atoms with E-state index in [9.17, 15) is 14.7 Å². The number of carbonyl (C=O) groups excluding carboxylic acids is 1. The van der Waals surface area contributed by atoms with Crippen LogP contribution in [-0.2, 0) is 26.2 Å². The Bertz CT molecular complexity index is 972. The minimum atomic E-state index is -1.06. The van der Waals surface area contributed by atoms with E-state index in [2.05, 4.69) is 4.90 Å². The van der Waals surface area contributed by atoms with E-state index in [1.165, 1.54) is 0 Å².